The number of benzene rings is 2. The zero-order valence-electron chi connectivity index (χ0n) is 13.9. The topological polar surface area (TPSA) is 41.9 Å². The molecule has 0 N–H and O–H groups in total. The normalized spacial score (nSPS) is 17.3. The fourth-order valence-corrected chi connectivity index (χ4v) is 3.35. The second-order valence-corrected chi connectivity index (χ2v) is 6.33. The van der Waals surface area contributed by atoms with E-state index >= 15 is 0 Å². The van der Waals surface area contributed by atoms with E-state index in [0.29, 0.717) is 16.6 Å². The van der Waals surface area contributed by atoms with Crippen LogP contribution in [0.15, 0.2) is 77.1 Å². The average molecular weight is 350 g/mol. The Morgan fingerprint density at radius 1 is 1.16 bits per heavy atom. The maximum Gasteiger partial charge on any atom is 0.267 e. The molecular weight excluding hydrogens is 332 g/mol. The van der Waals surface area contributed by atoms with Crippen LogP contribution in [-0.4, -0.2) is 29.6 Å². The number of rotatable bonds is 5. The lowest BCUT2D eigenvalue weighted by molar-refractivity contribution is -0.121. The van der Waals surface area contributed by atoms with Gasteiger partial charge in [-0.05, 0) is 47.7 Å². The zero-order valence-corrected chi connectivity index (χ0v) is 14.7. The zero-order chi connectivity index (χ0) is 17.6. The summed E-state index contributed by atoms with van der Waals surface area (Å²) < 4.78 is 5.16. The van der Waals surface area contributed by atoms with E-state index in [9.17, 15) is 4.79 Å². The first-order chi connectivity index (χ1) is 12.2. The standard InChI is InChI=1S/C20H18N2O2S/c1-3-13-22-19(23)18(14-15-9-11-17(24-2)12-10-15)25-20(22)21-16-7-5-4-6-8-16/h3-12,14H,1,13H2,2H3/b18-14-,21-20?. The maximum absolute atomic E-state index is 12.7. The number of carbonyl (C=O) groups excluding carboxylic acids is 1. The summed E-state index contributed by atoms with van der Waals surface area (Å²) in [6, 6.07) is 17.2. The summed E-state index contributed by atoms with van der Waals surface area (Å²) in [5.41, 5.74) is 1.76. The van der Waals surface area contributed by atoms with Gasteiger partial charge >= 0.3 is 0 Å². The second-order valence-electron chi connectivity index (χ2n) is 5.32. The number of hydrogen-bond acceptors (Lipinski definition) is 4. The lowest BCUT2D eigenvalue weighted by Gasteiger charge is -2.12. The molecule has 1 aliphatic heterocycles. The van der Waals surface area contributed by atoms with Crippen molar-refractivity contribution in [3.05, 3.63) is 77.7 Å². The first kappa shape index (κ1) is 17.0. The molecule has 126 valence electrons. The van der Waals surface area contributed by atoms with Crippen LogP contribution in [0.5, 0.6) is 5.75 Å². The van der Waals surface area contributed by atoms with Crippen LogP contribution < -0.4 is 4.74 Å². The number of ether oxygens (including phenoxy) is 1. The fourth-order valence-electron chi connectivity index (χ4n) is 2.35. The van der Waals surface area contributed by atoms with Gasteiger partial charge in [-0.3, -0.25) is 9.69 Å². The van der Waals surface area contributed by atoms with Crippen LogP contribution in [-0.2, 0) is 4.79 Å². The van der Waals surface area contributed by atoms with Crippen molar-refractivity contribution >= 4 is 34.6 Å². The van der Waals surface area contributed by atoms with Crippen molar-refractivity contribution in [3.8, 4) is 5.75 Å². The lowest BCUT2D eigenvalue weighted by Crippen LogP contribution is -2.29. The van der Waals surface area contributed by atoms with Gasteiger partial charge in [-0.2, -0.15) is 0 Å². The van der Waals surface area contributed by atoms with Gasteiger partial charge in [0.2, 0.25) is 0 Å². The van der Waals surface area contributed by atoms with Gasteiger partial charge in [0, 0.05) is 6.54 Å². The molecule has 1 fully saturated rings. The first-order valence-corrected chi connectivity index (χ1v) is 8.63. The van der Waals surface area contributed by atoms with Crippen LogP contribution in [0.25, 0.3) is 6.08 Å². The molecular formula is C20H18N2O2S. The Kier molecular flexibility index (Phi) is 5.36. The number of thioether (sulfide) groups is 1. The molecule has 5 heteroatoms. The summed E-state index contributed by atoms with van der Waals surface area (Å²) in [5, 5.41) is 0.663. The molecule has 0 unspecified atom stereocenters. The Morgan fingerprint density at radius 2 is 1.88 bits per heavy atom. The van der Waals surface area contributed by atoms with Gasteiger partial charge in [0.25, 0.3) is 5.91 Å². The third kappa shape index (κ3) is 4.00. The maximum atomic E-state index is 12.7. The number of methoxy groups -OCH3 is 1. The van der Waals surface area contributed by atoms with Crippen molar-refractivity contribution in [3.63, 3.8) is 0 Å². The molecule has 2 aromatic carbocycles. The van der Waals surface area contributed by atoms with E-state index in [0.717, 1.165) is 17.0 Å². The highest BCUT2D eigenvalue weighted by molar-refractivity contribution is 8.18. The highest BCUT2D eigenvalue weighted by Gasteiger charge is 2.32. The van der Waals surface area contributed by atoms with E-state index in [2.05, 4.69) is 11.6 Å². The monoisotopic (exact) mass is 350 g/mol. The smallest absolute Gasteiger partial charge is 0.267 e. The molecule has 25 heavy (non-hydrogen) atoms. The fraction of sp³-hybridized carbons (Fsp3) is 0.100. The Bertz CT molecular complexity index is 827. The molecule has 0 saturated carbocycles. The Morgan fingerprint density at radius 3 is 2.52 bits per heavy atom. The Hall–Kier alpha value is -2.79. The molecule has 0 aromatic heterocycles. The highest BCUT2D eigenvalue weighted by atomic mass is 32.2. The van der Waals surface area contributed by atoms with E-state index in [4.69, 9.17) is 4.74 Å². The minimum absolute atomic E-state index is 0.0598. The van der Waals surface area contributed by atoms with Crippen molar-refractivity contribution in [2.75, 3.05) is 13.7 Å². The van der Waals surface area contributed by atoms with Gasteiger partial charge in [0.15, 0.2) is 5.17 Å². The number of hydrogen-bond donors (Lipinski definition) is 0. The number of carbonyl (C=O) groups is 1. The Balaban J connectivity index is 1.91. The molecule has 1 heterocycles. The van der Waals surface area contributed by atoms with Crippen LogP contribution >= 0.6 is 11.8 Å². The minimum atomic E-state index is -0.0598. The van der Waals surface area contributed by atoms with Gasteiger partial charge in [-0.25, -0.2) is 4.99 Å². The second kappa shape index (κ2) is 7.85. The van der Waals surface area contributed by atoms with Crippen LogP contribution in [0.1, 0.15) is 5.56 Å². The molecule has 0 radical (unpaired) electrons. The Labute approximate surface area is 151 Å². The lowest BCUT2D eigenvalue weighted by atomic mass is 10.2. The molecule has 0 bridgehead atoms. The minimum Gasteiger partial charge on any atom is -0.497 e. The highest BCUT2D eigenvalue weighted by Crippen LogP contribution is 2.34. The van der Waals surface area contributed by atoms with Crippen LogP contribution in [0.4, 0.5) is 5.69 Å². The number of nitrogens with zero attached hydrogens (tertiary/aromatic N) is 2. The van der Waals surface area contributed by atoms with Crippen molar-refractivity contribution in [1.29, 1.82) is 0 Å². The first-order valence-electron chi connectivity index (χ1n) is 7.81. The predicted octanol–water partition coefficient (Wildman–Crippen LogP) is 4.49. The van der Waals surface area contributed by atoms with E-state index in [1.807, 2.05) is 60.7 Å². The van der Waals surface area contributed by atoms with Gasteiger partial charge in [-0.1, -0.05) is 36.4 Å². The summed E-state index contributed by atoms with van der Waals surface area (Å²) in [6.45, 7) is 4.16. The van der Waals surface area contributed by atoms with E-state index in [1.54, 1.807) is 18.1 Å². The summed E-state index contributed by atoms with van der Waals surface area (Å²) >= 11 is 1.37. The van der Waals surface area contributed by atoms with Gasteiger partial charge in [0.1, 0.15) is 5.75 Å². The third-order valence-electron chi connectivity index (χ3n) is 3.59. The van der Waals surface area contributed by atoms with Crippen molar-refractivity contribution in [2.45, 2.75) is 0 Å². The number of amides is 1. The molecule has 1 aliphatic rings. The van der Waals surface area contributed by atoms with E-state index < -0.39 is 0 Å². The van der Waals surface area contributed by atoms with Gasteiger partial charge < -0.3 is 4.74 Å². The molecule has 1 amide bonds. The van der Waals surface area contributed by atoms with Crippen molar-refractivity contribution < 1.29 is 9.53 Å². The summed E-state index contributed by atoms with van der Waals surface area (Å²) in [6.07, 6.45) is 3.57. The molecule has 0 spiro atoms. The van der Waals surface area contributed by atoms with Crippen LogP contribution in [0.2, 0.25) is 0 Å². The number of amidine groups is 1. The molecule has 4 nitrogen and oxygen atoms in total. The molecule has 1 saturated heterocycles. The molecule has 3 rings (SSSR count). The van der Waals surface area contributed by atoms with Crippen molar-refractivity contribution in [2.24, 2.45) is 4.99 Å². The van der Waals surface area contributed by atoms with E-state index in [1.165, 1.54) is 11.8 Å². The van der Waals surface area contributed by atoms with Gasteiger partial charge in [-0.15, -0.1) is 6.58 Å². The van der Waals surface area contributed by atoms with E-state index in [-0.39, 0.29) is 5.91 Å². The van der Waals surface area contributed by atoms with Crippen LogP contribution in [0, 0.1) is 0 Å². The molecule has 2 aromatic rings. The summed E-state index contributed by atoms with van der Waals surface area (Å²) in [4.78, 5) is 19.6. The predicted molar refractivity (Wildman–Crippen MR) is 104 cm³/mol. The third-order valence-corrected chi connectivity index (χ3v) is 4.60. The summed E-state index contributed by atoms with van der Waals surface area (Å²) in [7, 11) is 1.63. The number of para-hydroxylation sites is 1. The SMILES string of the molecule is C=CCN1C(=O)/C(=C/c2ccc(OC)cc2)SC1=Nc1ccccc1. The summed E-state index contributed by atoms with van der Waals surface area (Å²) in [5.74, 6) is 0.725. The van der Waals surface area contributed by atoms with Crippen molar-refractivity contribution in [1.82, 2.24) is 4.90 Å². The largest absolute Gasteiger partial charge is 0.497 e. The molecule has 0 atom stereocenters. The average Bonchev–Trinajstić information content (AvgIpc) is 2.92. The van der Waals surface area contributed by atoms with Crippen LogP contribution in [0.3, 0.4) is 0 Å². The van der Waals surface area contributed by atoms with Gasteiger partial charge in [0.05, 0.1) is 17.7 Å². The molecule has 0 aliphatic carbocycles. The quantitative estimate of drug-likeness (QED) is 0.589. The number of aliphatic imine (C=N–C) groups is 1.